The number of nitrogens with zero attached hydrogens (tertiary/aromatic N) is 3. The molecule has 4 rings (SSSR count). The van der Waals surface area contributed by atoms with E-state index in [0.717, 1.165) is 28.0 Å². The van der Waals surface area contributed by atoms with Crippen molar-refractivity contribution in [3.8, 4) is 0 Å². The van der Waals surface area contributed by atoms with Crippen LogP contribution in [0, 0.1) is 0 Å². The maximum absolute atomic E-state index is 12.7. The molecule has 0 aliphatic rings. The number of carbonyl (C=O) groups is 1. The molecule has 0 atom stereocenters. The van der Waals surface area contributed by atoms with Crippen molar-refractivity contribution >= 4 is 34.2 Å². The van der Waals surface area contributed by atoms with Crippen LogP contribution in [0.3, 0.4) is 0 Å². The van der Waals surface area contributed by atoms with E-state index in [4.69, 9.17) is 16.6 Å². The molecule has 1 N–H and O–H groups in total. The number of rotatable bonds is 12. The molecule has 3 aromatic carbocycles. The number of amides is 1. The zero-order chi connectivity index (χ0) is 26.0. The lowest BCUT2D eigenvalue weighted by Crippen LogP contribution is -2.35. The van der Waals surface area contributed by atoms with Crippen molar-refractivity contribution in [3.05, 3.63) is 112 Å². The van der Waals surface area contributed by atoms with Gasteiger partial charge in [-0.2, -0.15) is 4.37 Å². The summed E-state index contributed by atoms with van der Waals surface area (Å²) in [6, 6.07) is 28.9. The molecule has 4 aromatic rings. The summed E-state index contributed by atoms with van der Waals surface area (Å²) >= 11 is 7.37. The van der Waals surface area contributed by atoms with Gasteiger partial charge in [-0.05, 0) is 49.1 Å². The fourth-order valence-corrected chi connectivity index (χ4v) is 5.33. The third-order valence-corrected chi connectivity index (χ3v) is 7.38. The Morgan fingerprint density at radius 2 is 1.57 bits per heavy atom. The van der Waals surface area contributed by atoms with Gasteiger partial charge in [-0.15, -0.1) is 0 Å². The molecule has 192 valence electrons. The van der Waals surface area contributed by atoms with Crippen LogP contribution in [0.15, 0.2) is 84.9 Å². The van der Waals surface area contributed by atoms with Crippen LogP contribution in [-0.2, 0) is 11.2 Å². The predicted octanol–water partition coefficient (Wildman–Crippen LogP) is 6.73. The highest BCUT2D eigenvalue weighted by Gasteiger charge is 2.18. The van der Waals surface area contributed by atoms with Gasteiger partial charge in [-0.25, -0.2) is 4.98 Å². The first kappa shape index (κ1) is 26.8. The third kappa shape index (κ3) is 7.88. The molecule has 0 unspecified atom stereocenters. The molecule has 0 spiro atoms. The van der Waals surface area contributed by atoms with Gasteiger partial charge in [0.05, 0.1) is 0 Å². The maximum Gasteiger partial charge on any atom is 0.221 e. The molecule has 7 heteroatoms. The normalized spacial score (nSPS) is 11.2. The number of benzene rings is 3. The van der Waals surface area contributed by atoms with Gasteiger partial charge in [0.1, 0.15) is 5.82 Å². The number of anilines is 1. The number of hydrogen-bond acceptors (Lipinski definition) is 5. The molecular weight excluding hydrogens is 500 g/mol. The van der Waals surface area contributed by atoms with Crippen molar-refractivity contribution in [2.45, 2.75) is 45.1 Å². The van der Waals surface area contributed by atoms with Gasteiger partial charge >= 0.3 is 0 Å². The van der Waals surface area contributed by atoms with Crippen LogP contribution in [0.4, 0.5) is 5.13 Å². The lowest BCUT2D eigenvalue weighted by Gasteiger charge is -2.25. The van der Waals surface area contributed by atoms with Gasteiger partial charge in [0, 0.05) is 54.4 Å². The molecule has 37 heavy (non-hydrogen) atoms. The molecule has 0 saturated carbocycles. The average molecular weight is 533 g/mol. The van der Waals surface area contributed by atoms with Crippen LogP contribution in [-0.4, -0.2) is 34.4 Å². The lowest BCUT2D eigenvalue weighted by molar-refractivity contribution is -0.120. The molecule has 0 radical (unpaired) electrons. The first-order valence-electron chi connectivity index (χ1n) is 12.7. The molecule has 0 fully saturated rings. The van der Waals surface area contributed by atoms with Crippen molar-refractivity contribution in [3.63, 3.8) is 0 Å². The SMILES string of the molecule is CC(C)N(CCC(=O)NCCC(c1ccccc1)c1ccccc1)c1nc(Cc2ccc(Cl)cc2)ns1. The van der Waals surface area contributed by atoms with E-state index in [1.165, 1.54) is 22.7 Å². The number of aromatic nitrogens is 2. The summed E-state index contributed by atoms with van der Waals surface area (Å²) in [5.74, 6) is 1.08. The van der Waals surface area contributed by atoms with Gasteiger partial charge in [0.15, 0.2) is 0 Å². The molecule has 1 aromatic heterocycles. The molecular formula is C30H33ClN4OS. The van der Waals surface area contributed by atoms with Crippen LogP contribution < -0.4 is 10.2 Å². The third-order valence-electron chi connectivity index (χ3n) is 6.34. The second-order valence-electron chi connectivity index (χ2n) is 9.35. The number of halogens is 1. The van der Waals surface area contributed by atoms with Gasteiger partial charge in [0.2, 0.25) is 11.0 Å². The summed E-state index contributed by atoms with van der Waals surface area (Å²) < 4.78 is 4.55. The van der Waals surface area contributed by atoms with E-state index in [1.54, 1.807) is 0 Å². The topological polar surface area (TPSA) is 58.1 Å². The quantitative estimate of drug-likeness (QED) is 0.220. The van der Waals surface area contributed by atoms with Crippen LogP contribution in [0.5, 0.6) is 0 Å². The highest BCUT2D eigenvalue weighted by atomic mass is 35.5. The van der Waals surface area contributed by atoms with Gasteiger partial charge in [-0.1, -0.05) is 84.4 Å². The summed E-state index contributed by atoms with van der Waals surface area (Å²) in [4.78, 5) is 19.6. The lowest BCUT2D eigenvalue weighted by atomic mass is 9.88. The highest BCUT2D eigenvalue weighted by molar-refractivity contribution is 7.09. The molecule has 0 aliphatic heterocycles. The average Bonchev–Trinajstić information content (AvgIpc) is 3.37. The zero-order valence-electron chi connectivity index (χ0n) is 21.3. The molecule has 0 aliphatic carbocycles. The highest BCUT2D eigenvalue weighted by Crippen LogP contribution is 2.27. The van der Waals surface area contributed by atoms with E-state index in [0.29, 0.717) is 25.9 Å². The second kappa shape index (κ2) is 13.4. The minimum absolute atomic E-state index is 0.0522. The summed E-state index contributed by atoms with van der Waals surface area (Å²) in [6.07, 6.45) is 1.91. The molecule has 1 heterocycles. The van der Waals surface area contributed by atoms with Crippen molar-refractivity contribution < 1.29 is 4.79 Å². The van der Waals surface area contributed by atoms with Crippen LogP contribution in [0.25, 0.3) is 0 Å². The smallest absolute Gasteiger partial charge is 0.221 e. The molecule has 0 bridgehead atoms. The zero-order valence-corrected chi connectivity index (χ0v) is 22.9. The standard InChI is InChI=1S/C30H33ClN4OS/c1-22(2)35(30-33-28(34-37-30)21-23-13-15-26(31)16-14-23)20-18-29(36)32-19-17-27(24-9-5-3-6-10-24)25-11-7-4-8-12-25/h3-16,22,27H,17-21H2,1-2H3,(H,32,36). The van der Waals surface area contributed by atoms with E-state index >= 15 is 0 Å². The Bertz CT molecular complexity index is 1210. The molecule has 1 amide bonds. The fraction of sp³-hybridized carbons (Fsp3) is 0.300. The molecule has 0 saturated heterocycles. The Kier molecular flexibility index (Phi) is 9.69. The number of nitrogens with one attached hydrogen (secondary N) is 1. The largest absolute Gasteiger partial charge is 0.356 e. The van der Waals surface area contributed by atoms with Crippen molar-refractivity contribution in [2.24, 2.45) is 0 Å². The summed E-state index contributed by atoms with van der Waals surface area (Å²) in [6.45, 7) is 5.45. The van der Waals surface area contributed by atoms with E-state index in [2.05, 4.69) is 77.0 Å². The Morgan fingerprint density at radius 3 is 2.16 bits per heavy atom. The minimum atomic E-state index is 0.0522. The Morgan fingerprint density at radius 1 is 0.946 bits per heavy atom. The van der Waals surface area contributed by atoms with Crippen molar-refractivity contribution in [1.29, 1.82) is 0 Å². The number of carbonyl (C=O) groups excluding carboxylic acids is 1. The van der Waals surface area contributed by atoms with Gasteiger partial charge in [0.25, 0.3) is 0 Å². The Labute approximate surface area is 228 Å². The summed E-state index contributed by atoms with van der Waals surface area (Å²) in [7, 11) is 0. The number of hydrogen-bond donors (Lipinski definition) is 1. The summed E-state index contributed by atoms with van der Waals surface area (Å²) in [5, 5.41) is 4.70. The first-order valence-corrected chi connectivity index (χ1v) is 13.8. The summed E-state index contributed by atoms with van der Waals surface area (Å²) in [5.41, 5.74) is 3.65. The van der Waals surface area contributed by atoms with Crippen LogP contribution in [0.2, 0.25) is 5.02 Å². The maximum atomic E-state index is 12.7. The predicted molar refractivity (Wildman–Crippen MR) is 154 cm³/mol. The van der Waals surface area contributed by atoms with E-state index < -0.39 is 0 Å². The Balaban J connectivity index is 1.30. The van der Waals surface area contributed by atoms with Crippen molar-refractivity contribution in [1.82, 2.24) is 14.7 Å². The fourth-order valence-electron chi connectivity index (χ4n) is 4.36. The van der Waals surface area contributed by atoms with E-state index in [1.807, 2.05) is 36.4 Å². The van der Waals surface area contributed by atoms with Crippen LogP contribution in [0.1, 0.15) is 55.1 Å². The minimum Gasteiger partial charge on any atom is -0.356 e. The van der Waals surface area contributed by atoms with Gasteiger partial charge in [-0.3, -0.25) is 4.79 Å². The first-order chi connectivity index (χ1) is 18.0. The Hall–Kier alpha value is -3.22. The van der Waals surface area contributed by atoms with Crippen molar-refractivity contribution in [2.75, 3.05) is 18.0 Å². The van der Waals surface area contributed by atoms with Gasteiger partial charge < -0.3 is 10.2 Å². The molecule has 5 nitrogen and oxygen atoms in total. The monoisotopic (exact) mass is 532 g/mol. The van der Waals surface area contributed by atoms with E-state index in [9.17, 15) is 4.79 Å². The van der Waals surface area contributed by atoms with E-state index in [-0.39, 0.29) is 17.9 Å². The van der Waals surface area contributed by atoms with Crippen LogP contribution >= 0.6 is 23.1 Å². The second-order valence-corrected chi connectivity index (χ2v) is 10.5.